The van der Waals surface area contributed by atoms with Crippen molar-refractivity contribution in [2.45, 2.75) is 57.7 Å². The van der Waals surface area contributed by atoms with Crippen molar-refractivity contribution in [3.8, 4) is 0 Å². The SMILES string of the molecule is O=CCNC(=O)NC(C=O)CCCCN(Cc1ccc(Br)cc1)C(=O)c1ccc(CNC(=O)CCCCNC(=O)CN2CCN(CC=O)CCN(CC(=O)O)CCN(CC(=O)O)CC2)cc1. The average Bonchev–Trinajstić information content (AvgIpc) is 3.29. The standard InChI is InChI=1S/C45H64BrN9O11/c46-38-13-9-36(10-14-38)30-55(17-4-2-5-39(34-58)50-45(66)48-16-27-56)44(65)37-11-7-35(8-12-37)29-49-40(59)6-1-3-15-47-41(60)31-52-20-18-51(26-28-57)19-21-53(32-42(61)62)24-25-54(23-22-52)33-43(63)64/h7-14,27-28,34,39H,1-6,15-26,29-33H2,(H,47,60)(H,49,59)(H,61,62)(H,63,64)(H2,48,50,66). The number of carbonyl (C=O) groups excluding carboxylic acids is 7. The van der Waals surface area contributed by atoms with Crippen LogP contribution >= 0.6 is 15.9 Å². The fourth-order valence-electron chi connectivity index (χ4n) is 7.12. The molecule has 1 atom stereocenters. The molecule has 0 spiro atoms. The number of urea groups is 1. The molecule has 3 rings (SSSR count). The Morgan fingerprint density at radius 1 is 0.652 bits per heavy atom. The zero-order valence-corrected chi connectivity index (χ0v) is 39.0. The first-order valence-electron chi connectivity index (χ1n) is 22.1. The highest BCUT2D eigenvalue weighted by Crippen LogP contribution is 2.16. The fourth-order valence-corrected chi connectivity index (χ4v) is 7.38. The number of unbranched alkanes of at least 4 members (excludes halogenated alkanes) is 2. The van der Waals surface area contributed by atoms with Gasteiger partial charge in [0.05, 0.1) is 38.8 Å². The smallest absolute Gasteiger partial charge is 0.317 e. The number of amides is 5. The summed E-state index contributed by atoms with van der Waals surface area (Å²) < 4.78 is 0.909. The van der Waals surface area contributed by atoms with Crippen LogP contribution in [0.1, 0.15) is 60.0 Å². The zero-order chi connectivity index (χ0) is 48.1. The fraction of sp³-hybridized carbons (Fsp3) is 0.533. The molecule has 1 saturated heterocycles. The number of nitrogens with zero attached hydrogens (tertiary/aromatic N) is 5. The van der Waals surface area contributed by atoms with Crippen LogP contribution < -0.4 is 21.3 Å². The Morgan fingerprint density at radius 3 is 1.79 bits per heavy atom. The number of halogens is 1. The van der Waals surface area contributed by atoms with E-state index in [-0.39, 0.29) is 63.4 Å². The van der Waals surface area contributed by atoms with Crippen LogP contribution in [0.2, 0.25) is 0 Å². The Morgan fingerprint density at radius 2 is 1.23 bits per heavy atom. The maximum Gasteiger partial charge on any atom is 0.317 e. The topological polar surface area (TPSA) is 258 Å². The molecule has 0 aliphatic carbocycles. The maximum absolute atomic E-state index is 13.7. The highest BCUT2D eigenvalue weighted by atomic mass is 79.9. The van der Waals surface area contributed by atoms with Gasteiger partial charge in [-0.25, -0.2) is 4.79 Å². The molecule has 0 saturated carbocycles. The molecule has 21 heteroatoms. The number of rotatable bonds is 27. The minimum Gasteiger partial charge on any atom is -0.480 e. The van der Waals surface area contributed by atoms with Gasteiger partial charge in [0.2, 0.25) is 11.8 Å². The summed E-state index contributed by atoms with van der Waals surface area (Å²) in [6, 6.07) is 13.3. The predicted octanol–water partition coefficient (Wildman–Crippen LogP) is 0.820. The number of benzene rings is 2. The molecule has 20 nitrogen and oxygen atoms in total. The molecule has 0 radical (unpaired) electrons. The van der Waals surface area contributed by atoms with E-state index in [0.29, 0.717) is 122 Å². The second-order valence-corrected chi connectivity index (χ2v) is 16.9. The molecule has 2 aromatic carbocycles. The van der Waals surface area contributed by atoms with Crippen molar-refractivity contribution in [3.05, 3.63) is 69.7 Å². The monoisotopic (exact) mass is 985 g/mol. The van der Waals surface area contributed by atoms with E-state index in [4.69, 9.17) is 0 Å². The molecule has 0 bridgehead atoms. The summed E-state index contributed by atoms with van der Waals surface area (Å²) in [6.45, 7) is 4.10. The van der Waals surface area contributed by atoms with E-state index in [0.717, 1.165) is 21.9 Å². The summed E-state index contributed by atoms with van der Waals surface area (Å²) in [5.74, 6) is -2.57. The van der Waals surface area contributed by atoms with Crippen LogP contribution in [0.3, 0.4) is 0 Å². The van der Waals surface area contributed by atoms with E-state index in [1.807, 2.05) is 34.1 Å². The van der Waals surface area contributed by atoms with Crippen LogP contribution in [-0.4, -0.2) is 193 Å². The van der Waals surface area contributed by atoms with Gasteiger partial charge >= 0.3 is 18.0 Å². The van der Waals surface area contributed by atoms with E-state index >= 15 is 0 Å². The molecule has 6 N–H and O–H groups in total. The van der Waals surface area contributed by atoms with Crippen molar-refractivity contribution >= 4 is 70.5 Å². The lowest BCUT2D eigenvalue weighted by molar-refractivity contribution is -0.140. The summed E-state index contributed by atoms with van der Waals surface area (Å²) in [7, 11) is 0. The van der Waals surface area contributed by atoms with E-state index in [9.17, 15) is 53.4 Å². The molecular weight excluding hydrogens is 922 g/mol. The second-order valence-electron chi connectivity index (χ2n) is 16.0. The van der Waals surface area contributed by atoms with Gasteiger partial charge in [0, 0.05) is 95.0 Å². The molecule has 1 fully saturated rings. The highest BCUT2D eigenvalue weighted by molar-refractivity contribution is 9.10. The van der Waals surface area contributed by atoms with Crippen molar-refractivity contribution in [3.63, 3.8) is 0 Å². The minimum absolute atomic E-state index is 0.0593. The first kappa shape index (κ1) is 54.7. The van der Waals surface area contributed by atoms with Gasteiger partial charge in [0.25, 0.3) is 5.91 Å². The zero-order valence-electron chi connectivity index (χ0n) is 37.4. The number of aldehydes is 3. The number of nitrogens with one attached hydrogen (secondary N) is 4. The Balaban J connectivity index is 1.44. The summed E-state index contributed by atoms with van der Waals surface area (Å²) in [6.07, 6.45) is 4.79. The molecule has 1 heterocycles. The van der Waals surface area contributed by atoms with Gasteiger partial charge in [-0.05, 0) is 67.5 Å². The summed E-state index contributed by atoms with van der Waals surface area (Å²) in [5, 5.41) is 29.5. The van der Waals surface area contributed by atoms with E-state index in [1.54, 1.807) is 39.0 Å². The number of hydrogen-bond donors (Lipinski definition) is 6. The number of hydrogen-bond acceptors (Lipinski definition) is 13. The van der Waals surface area contributed by atoms with Gasteiger partial charge in [-0.3, -0.25) is 43.6 Å². The number of aliphatic carboxylic acids is 2. The second kappa shape index (κ2) is 31.3. The van der Waals surface area contributed by atoms with E-state index in [1.165, 1.54) is 0 Å². The Hall–Kier alpha value is -5.61. The lowest BCUT2D eigenvalue weighted by Gasteiger charge is -2.32. The third-order valence-corrected chi connectivity index (χ3v) is 11.3. The van der Waals surface area contributed by atoms with Crippen LogP contribution in [0.15, 0.2) is 53.0 Å². The molecule has 0 aromatic heterocycles. The number of carboxylic acid groups (broad SMARTS) is 2. The van der Waals surface area contributed by atoms with Gasteiger partial charge in [-0.2, -0.15) is 0 Å². The largest absolute Gasteiger partial charge is 0.480 e. The minimum atomic E-state index is -1.01. The molecule has 2 aromatic rings. The van der Waals surface area contributed by atoms with Crippen molar-refractivity contribution in [1.29, 1.82) is 0 Å². The van der Waals surface area contributed by atoms with Gasteiger partial charge in [-0.15, -0.1) is 0 Å². The Labute approximate surface area is 393 Å². The average molecular weight is 987 g/mol. The van der Waals surface area contributed by atoms with Crippen LogP contribution in [0.25, 0.3) is 0 Å². The first-order valence-corrected chi connectivity index (χ1v) is 22.9. The van der Waals surface area contributed by atoms with Crippen LogP contribution in [-0.2, 0) is 46.7 Å². The normalized spacial score (nSPS) is 14.9. The van der Waals surface area contributed by atoms with Gasteiger partial charge < -0.3 is 50.8 Å². The number of carboxylic acids is 2. The molecule has 362 valence electrons. The van der Waals surface area contributed by atoms with Crippen molar-refractivity contribution < 1.29 is 53.4 Å². The molecule has 1 unspecified atom stereocenters. The summed E-state index contributed by atoms with van der Waals surface area (Å²) >= 11 is 3.44. The van der Waals surface area contributed by atoms with Crippen LogP contribution in [0, 0.1) is 0 Å². The quantitative estimate of drug-likeness (QED) is 0.0535. The summed E-state index contributed by atoms with van der Waals surface area (Å²) in [4.78, 5) is 117. The molecule has 1 aliphatic heterocycles. The Kier molecular flexibility index (Phi) is 26.0. The predicted molar refractivity (Wildman–Crippen MR) is 247 cm³/mol. The third-order valence-electron chi connectivity index (χ3n) is 10.8. The molecule has 1 aliphatic rings. The molecule has 5 amide bonds. The molecule has 66 heavy (non-hydrogen) atoms. The highest BCUT2D eigenvalue weighted by Gasteiger charge is 2.21. The van der Waals surface area contributed by atoms with Crippen LogP contribution in [0.4, 0.5) is 4.79 Å². The third kappa shape index (κ3) is 23.0. The van der Waals surface area contributed by atoms with Gasteiger partial charge in [0.1, 0.15) is 18.9 Å². The summed E-state index contributed by atoms with van der Waals surface area (Å²) in [5.41, 5.74) is 2.20. The maximum atomic E-state index is 13.7. The lowest BCUT2D eigenvalue weighted by Crippen LogP contribution is -2.49. The molecular formula is C45H64BrN9O11. The van der Waals surface area contributed by atoms with E-state index < -0.39 is 24.0 Å². The van der Waals surface area contributed by atoms with Crippen molar-refractivity contribution in [1.82, 2.24) is 45.8 Å². The first-order chi connectivity index (χ1) is 31.8. The van der Waals surface area contributed by atoms with Crippen LogP contribution in [0.5, 0.6) is 0 Å². The lowest BCUT2D eigenvalue weighted by atomic mass is 10.1. The van der Waals surface area contributed by atoms with Crippen molar-refractivity contribution in [2.24, 2.45) is 0 Å². The van der Waals surface area contributed by atoms with Gasteiger partial charge in [0.15, 0.2) is 0 Å². The Bertz CT molecular complexity index is 1870. The van der Waals surface area contributed by atoms with Gasteiger partial charge in [-0.1, -0.05) is 40.2 Å². The van der Waals surface area contributed by atoms with E-state index in [2.05, 4.69) is 37.2 Å². The number of carbonyl (C=O) groups is 9. The van der Waals surface area contributed by atoms with Crippen molar-refractivity contribution in [2.75, 3.05) is 98.2 Å².